The van der Waals surface area contributed by atoms with Gasteiger partial charge in [-0.25, -0.2) is 9.59 Å². The van der Waals surface area contributed by atoms with Crippen LogP contribution in [0.1, 0.15) is 25.8 Å². The molecule has 0 saturated carbocycles. The predicted molar refractivity (Wildman–Crippen MR) is 94.1 cm³/mol. The van der Waals surface area contributed by atoms with E-state index in [0.29, 0.717) is 5.69 Å². The Balaban J connectivity index is 2.29. The van der Waals surface area contributed by atoms with E-state index in [-0.39, 0.29) is 25.5 Å². The summed E-state index contributed by atoms with van der Waals surface area (Å²) in [5.74, 6) is 4.20. The number of hydrazone groups is 1. The summed E-state index contributed by atoms with van der Waals surface area (Å²) in [5.41, 5.74) is 1.40. The third kappa shape index (κ3) is 7.82. The van der Waals surface area contributed by atoms with Crippen molar-refractivity contribution in [2.75, 3.05) is 18.5 Å². The van der Waals surface area contributed by atoms with Crippen LogP contribution in [-0.2, 0) is 14.3 Å². The zero-order valence-corrected chi connectivity index (χ0v) is 14.2. The van der Waals surface area contributed by atoms with Gasteiger partial charge in [-0.2, -0.15) is 5.10 Å². The lowest BCUT2D eigenvalue weighted by Crippen LogP contribution is -2.41. The van der Waals surface area contributed by atoms with Gasteiger partial charge in [0.05, 0.1) is 12.8 Å². The van der Waals surface area contributed by atoms with Crippen LogP contribution in [0.15, 0.2) is 29.4 Å². The lowest BCUT2D eigenvalue weighted by molar-refractivity contribution is -0.146. The van der Waals surface area contributed by atoms with Crippen molar-refractivity contribution in [2.45, 2.75) is 26.3 Å². The molecule has 0 fully saturated rings. The summed E-state index contributed by atoms with van der Waals surface area (Å²) in [7, 11) is 0. The first-order valence-corrected chi connectivity index (χ1v) is 7.80. The van der Waals surface area contributed by atoms with Gasteiger partial charge in [-0.15, -0.1) is 0 Å². The van der Waals surface area contributed by atoms with E-state index in [1.165, 1.54) is 13.1 Å². The number of carbonyl (C=O) groups excluding carboxylic acids is 3. The van der Waals surface area contributed by atoms with E-state index in [1.54, 1.807) is 31.2 Å². The van der Waals surface area contributed by atoms with Gasteiger partial charge in [-0.3, -0.25) is 4.79 Å². The quantitative estimate of drug-likeness (QED) is 0.235. The highest BCUT2D eigenvalue weighted by atomic mass is 16.5. The Bertz CT molecular complexity index is 615. The highest BCUT2D eigenvalue weighted by molar-refractivity contribution is 5.90. The third-order valence-corrected chi connectivity index (χ3v) is 3.05. The van der Waals surface area contributed by atoms with E-state index in [4.69, 9.17) is 10.6 Å². The maximum Gasteiger partial charge on any atom is 0.328 e. The fourth-order valence-electron chi connectivity index (χ4n) is 1.84. The molecule has 0 spiro atoms. The van der Waals surface area contributed by atoms with Gasteiger partial charge in [0.2, 0.25) is 5.91 Å². The Morgan fingerprint density at radius 2 is 1.96 bits per heavy atom. The number of esters is 1. The molecule has 1 unspecified atom stereocenters. The molecule has 0 heterocycles. The van der Waals surface area contributed by atoms with Gasteiger partial charge >= 0.3 is 12.0 Å². The van der Waals surface area contributed by atoms with Crippen molar-refractivity contribution in [3.05, 3.63) is 29.8 Å². The first-order valence-electron chi connectivity index (χ1n) is 7.80. The fraction of sp³-hybridized carbons (Fsp3) is 0.375. The van der Waals surface area contributed by atoms with Gasteiger partial charge in [0.25, 0.3) is 0 Å². The molecule has 0 aliphatic rings. The molecular formula is C16H23N5O4. The van der Waals surface area contributed by atoms with E-state index < -0.39 is 18.0 Å². The largest absolute Gasteiger partial charge is 0.464 e. The SMILES string of the molecule is CCOC(=O)C(C)NC(=O)CCNC(=O)Nc1ccc(C=NN)cc1. The lowest BCUT2D eigenvalue weighted by Gasteiger charge is -2.13. The number of amides is 3. The van der Waals surface area contributed by atoms with Crippen LogP contribution in [0.3, 0.4) is 0 Å². The second kappa shape index (κ2) is 10.6. The van der Waals surface area contributed by atoms with E-state index in [2.05, 4.69) is 21.1 Å². The maximum atomic E-state index is 11.7. The van der Waals surface area contributed by atoms with Crippen molar-refractivity contribution in [3.63, 3.8) is 0 Å². The highest BCUT2D eigenvalue weighted by Crippen LogP contribution is 2.07. The van der Waals surface area contributed by atoms with Crippen LogP contribution in [-0.4, -0.2) is 43.3 Å². The van der Waals surface area contributed by atoms with Crippen LogP contribution in [0.5, 0.6) is 0 Å². The average molecular weight is 349 g/mol. The van der Waals surface area contributed by atoms with Crippen LogP contribution in [0, 0.1) is 0 Å². The Morgan fingerprint density at radius 1 is 1.28 bits per heavy atom. The smallest absolute Gasteiger partial charge is 0.328 e. The van der Waals surface area contributed by atoms with Crippen LogP contribution in [0.25, 0.3) is 0 Å². The minimum atomic E-state index is -0.725. The molecule has 1 rings (SSSR count). The molecule has 0 aliphatic carbocycles. The van der Waals surface area contributed by atoms with E-state index in [1.807, 2.05) is 0 Å². The number of hydrogen-bond donors (Lipinski definition) is 4. The normalized spacial score (nSPS) is 11.6. The van der Waals surface area contributed by atoms with Crippen molar-refractivity contribution in [1.29, 1.82) is 0 Å². The van der Waals surface area contributed by atoms with Crippen LogP contribution >= 0.6 is 0 Å². The number of urea groups is 1. The number of rotatable bonds is 8. The second-order valence-electron chi connectivity index (χ2n) is 5.07. The number of carbonyl (C=O) groups is 3. The van der Waals surface area contributed by atoms with Gasteiger partial charge in [0.15, 0.2) is 0 Å². The molecule has 25 heavy (non-hydrogen) atoms. The number of anilines is 1. The summed E-state index contributed by atoms with van der Waals surface area (Å²) in [6, 6.07) is 5.73. The van der Waals surface area contributed by atoms with E-state index in [9.17, 15) is 14.4 Å². The minimum absolute atomic E-state index is 0.0447. The maximum absolute atomic E-state index is 11.7. The van der Waals surface area contributed by atoms with E-state index >= 15 is 0 Å². The van der Waals surface area contributed by atoms with Crippen molar-refractivity contribution >= 4 is 29.8 Å². The van der Waals surface area contributed by atoms with E-state index in [0.717, 1.165) is 5.56 Å². The molecular weight excluding hydrogens is 326 g/mol. The van der Waals surface area contributed by atoms with Gasteiger partial charge in [-0.1, -0.05) is 12.1 Å². The number of ether oxygens (including phenoxy) is 1. The molecule has 136 valence electrons. The summed E-state index contributed by atoms with van der Waals surface area (Å²) in [6.07, 6.45) is 1.53. The molecule has 1 aromatic carbocycles. The van der Waals surface area contributed by atoms with Gasteiger partial charge in [-0.05, 0) is 31.5 Å². The first kappa shape index (κ1) is 19.9. The average Bonchev–Trinajstić information content (AvgIpc) is 2.57. The Kier molecular flexibility index (Phi) is 8.48. The van der Waals surface area contributed by atoms with Crippen molar-refractivity contribution < 1.29 is 19.1 Å². The summed E-state index contributed by atoms with van der Waals surface area (Å²) in [6.45, 7) is 3.61. The molecule has 0 aromatic heterocycles. The first-order chi connectivity index (χ1) is 12.0. The number of benzene rings is 1. The van der Waals surface area contributed by atoms with Gasteiger partial charge in [0, 0.05) is 18.7 Å². The summed E-state index contributed by atoms with van der Waals surface area (Å²) >= 11 is 0. The topological polar surface area (TPSA) is 135 Å². The van der Waals surface area contributed by atoms with Gasteiger partial charge in [0.1, 0.15) is 6.04 Å². The fourth-order valence-corrected chi connectivity index (χ4v) is 1.84. The van der Waals surface area contributed by atoms with Gasteiger partial charge < -0.3 is 26.5 Å². The van der Waals surface area contributed by atoms with Crippen molar-refractivity contribution in [2.24, 2.45) is 10.9 Å². The number of hydrogen-bond acceptors (Lipinski definition) is 6. The molecule has 1 atom stereocenters. The molecule has 0 radical (unpaired) electrons. The molecule has 3 amide bonds. The summed E-state index contributed by atoms with van der Waals surface area (Å²) in [5, 5.41) is 11.1. The molecule has 9 heteroatoms. The van der Waals surface area contributed by atoms with Crippen LogP contribution in [0.2, 0.25) is 0 Å². The van der Waals surface area contributed by atoms with Crippen LogP contribution in [0.4, 0.5) is 10.5 Å². The minimum Gasteiger partial charge on any atom is -0.464 e. The van der Waals surface area contributed by atoms with Crippen molar-refractivity contribution in [3.8, 4) is 0 Å². The molecule has 0 aliphatic heterocycles. The molecule has 0 saturated heterocycles. The Hall–Kier alpha value is -3.10. The number of nitrogens with one attached hydrogen (secondary N) is 3. The van der Waals surface area contributed by atoms with Crippen LogP contribution < -0.4 is 21.8 Å². The zero-order valence-electron chi connectivity index (χ0n) is 14.2. The van der Waals surface area contributed by atoms with Crippen molar-refractivity contribution in [1.82, 2.24) is 10.6 Å². The lowest BCUT2D eigenvalue weighted by atomic mass is 10.2. The zero-order chi connectivity index (χ0) is 18.7. The highest BCUT2D eigenvalue weighted by Gasteiger charge is 2.16. The monoisotopic (exact) mass is 349 g/mol. The predicted octanol–water partition coefficient (Wildman–Crippen LogP) is 0.559. The third-order valence-electron chi connectivity index (χ3n) is 3.05. The molecule has 9 nitrogen and oxygen atoms in total. The summed E-state index contributed by atoms with van der Waals surface area (Å²) in [4.78, 5) is 34.8. The summed E-state index contributed by atoms with van der Waals surface area (Å²) < 4.78 is 4.79. The second-order valence-corrected chi connectivity index (χ2v) is 5.07. The number of nitrogens with two attached hydrogens (primary N) is 1. The Labute approximate surface area is 146 Å². The molecule has 0 bridgehead atoms. The molecule has 5 N–H and O–H groups in total. The molecule has 1 aromatic rings. The Morgan fingerprint density at radius 3 is 2.56 bits per heavy atom. The standard InChI is InChI=1S/C16H23N5O4/c1-3-25-15(23)11(2)20-14(22)8-9-18-16(24)21-13-6-4-12(5-7-13)10-19-17/h4-7,10-11H,3,8-9,17H2,1-2H3,(H,20,22)(H2,18,21,24). The number of nitrogens with zero attached hydrogens (tertiary/aromatic N) is 1.